The molecule has 6 nitrogen and oxygen atoms in total. The maximum atomic E-state index is 13.6. The normalized spacial score (nSPS) is 11.7. The van der Waals surface area contributed by atoms with Gasteiger partial charge in [0.15, 0.2) is 0 Å². The van der Waals surface area contributed by atoms with Crippen LogP contribution in [0.15, 0.2) is 89.7 Å². The molecule has 1 N–H and O–H groups in total. The van der Waals surface area contributed by atoms with Crippen molar-refractivity contribution in [2.45, 2.75) is 13.0 Å². The Labute approximate surface area is 186 Å². The van der Waals surface area contributed by atoms with Crippen LogP contribution in [0.4, 0.5) is 5.69 Å². The Morgan fingerprint density at radius 3 is 2.09 bits per heavy atom. The SMILES string of the molecule is COC(=O)c1ccc(NC(c2ccccc2)c2c(C)n(C)n(-c3ccccc3)c2=O)cc1. The van der Waals surface area contributed by atoms with E-state index in [1.807, 2.05) is 91.4 Å². The van der Waals surface area contributed by atoms with Crippen molar-refractivity contribution >= 4 is 11.7 Å². The Bertz CT molecular complexity index is 1270. The number of aromatic nitrogens is 2. The Balaban J connectivity index is 1.81. The maximum absolute atomic E-state index is 13.6. The molecule has 0 fully saturated rings. The summed E-state index contributed by atoms with van der Waals surface area (Å²) in [5, 5.41) is 3.49. The van der Waals surface area contributed by atoms with Crippen molar-refractivity contribution in [2.75, 3.05) is 12.4 Å². The highest BCUT2D eigenvalue weighted by Crippen LogP contribution is 2.28. The van der Waals surface area contributed by atoms with E-state index in [0.29, 0.717) is 11.1 Å². The number of carbonyl (C=O) groups excluding carboxylic acids is 1. The predicted molar refractivity (Wildman–Crippen MR) is 125 cm³/mol. The first kappa shape index (κ1) is 21.2. The quantitative estimate of drug-likeness (QED) is 0.461. The summed E-state index contributed by atoms with van der Waals surface area (Å²) < 4.78 is 8.34. The molecule has 0 saturated carbocycles. The highest BCUT2D eigenvalue weighted by atomic mass is 16.5. The van der Waals surface area contributed by atoms with Crippen LogP contribution in [-0.4, -0.2) is 22.4 Å². The van der Waals surface area contributed by atoms with E-state index in [-0.39, 0.29) is 17.6 Å². The van der Waals surface area contributed by atoms with E-state index in [1.54, 1.807) is 16.8 Å². The number of benzene rings is 3. The lowest BCUT2D eigenvalue weighted by atomic mass is 9.98. The van der Waals surface area contributed by atoms with E-state index >= 15 is 0 Å². The summed E-state index contributed by atoms with van der Waals surface area (Å²) in [6.07, 6.45) is 0. The zero-order valence-electron chi connectivity index (χ0n) is 18.3. The number of esters is 1. The van der Waals surface area contributed by atoms with Crippen LogP contribution < -0.4 is 10.9 Å². The lowest BCUT2D eigenvalue weighted by molar-refractivity contribution is 0.0601. The Kier molecular flexibility index (Phi) is 5.94. The molecule has 0 spiro atoms. The number of anilines is 1. The molecule has 0 amide bonds. The number of para-hydroxylation sites is 1. The molecule has 0 radical (unpaired) electrons. The lowest BCUT2D eigenvalue weighted by Crippen LogP contribution is -2.24. The van der Waals surface area contributed by atoms with E-state index in [0.717, 1.165) is 22.6 Å². The minimum Gasteiger partial charge on any atom is -0.465 e. The minimum absolute atomic E-state index is 0.0799. The van der Waals surface area contributed by atoms with E-state index in [2.05, 4.69) is 5.32 Å². The monoisotopic (exact) mass is 427 g/mol. The molecule has 0 aliphatic carbocycles. The first-order valence-electron chi connectivity index (χ1n) is 10.3. The third-order valence-electron chi connectivity index (χ3n) is 5.64. The standard InChI is InChI=1S/C26H25N3O3/c1-18-23(25(30)29(28(18)2)22-12-8-5-9-13-22)24(19-10-6-4-7-11-19)27-21-16-14-20(15-17-21)26(31)32-3/h4-17,24,27H,1-3H3. The highest BCUT2D eigenvalue weighted by molar-refractivity contribution is 5.89. The van der Waals surface area contributed by atoms with Crippen molar-refractivity contribution in [1.29, 1.82) is 0 Å². The molecule has 0 bridgehead atoms. The van der Waals surface area contributed by atoms with Gasteiger partial charge in [-0.2, -0.15) is 0 Å². The van der Waals surface area contributed by atoms with Gasteiger partial charge in [-0.15, -0.1) is 0 Å². The Morgan fingerprint density at radius 1 is 0.906 bits per heavy atom. The first-order valence-corrected chi connectivity index (χ1v) is 10.3. The van der Waals surface area contributed by atoms with Gasteiger partial charge in [0, 0.05) is 18.4 Å². The van der Waals surface area contributed by atoms with Crippen molar-refractivity contribution in [2.24, 2.45) is 7.05 Å². The van der Waals surface area contributed by atoms with Crippen LogP contribution in [0.1, 0.15) is 33.2 Å². The fraction of sp³-hybridized carbons (Fsp3) is 0.154. The number of carbonyl (C=O) groups is 1. The second-order valence-corrected chi connectivity index (χ2v) is 7.53. The van der Waals surface area contributed by atoms with Crippen molar-refractivity contribution in [1.82, 2.24) is 9.36 Å². The van der Waals surface area contributed by atoms with Crippen molar-refractivity contribution in [3.63, 3.8) is 0 Å². The Hall–Kier alpha value is -4.06. The fourth-order valence-corrected chi connectivity index (χ4v) is 3.88. The Morgan fingerprint density at radius 2 is 1.50 bits per heavy atom. The number of rotatable bonds is 6. The summed E-state index contributed by atoms with van der Waals surface area (Å²) >= 11 is 0. The van der Waals surface area contributed by atoms with Crippen LogP contribution >= 0.6 is 0 Å². The van der Waals surface area contributed by atoms with E-state index in [4.69, 9.17) is 4.74 Å². The van der Waals surface area contributed by atoms with Gasteiger partial charge in [0.2, 0.25) is 0 Å². The first-order chi connectivity index (χ1) is 15.5. The molecule has 32 heavy (non-hydrogen) atoms. The smallest absolute Gasteiger partial charge is 0.337 e. The zero-order chi connectivity index (χ0) is 22.7. The fourth-order valence-electron chi connectivity index (χ4n) is 3.88. The molecule has 1 atom stereocenters. The van der Waals surface area contributed by atoms with Gasteiger partial charge in [-0.05, 0) is 48.9 Å². The second kappa shape index (κ2) is 8.98. The van der Waals surface area contributed by atoms with Gasteiger partial charge in [0.1, 0.15) is 0 Å². The average Bonchev–Trinajstić information content (AvgIpc) is 3.06. The van der Waals surface area contributed by atoms with Crippen LogP contribution in [0.3, 0.4) is 0 Å². The molecule has 4 rings (SSSR count). The molecule has 1 aromatic heterocycles. The average molecular weight is 428 g/mol. The number of hydrogen-bond acceptors (Lipinski definition) is 4. The van der Waals surface area contributed by atoms with Gasteiger partial charge < -0.3 is 10.1 Å². The molecule has 4 aromatic rings. The van der Waals surface area contributed by atoms with Crippen LogP contribution in [0, 0.1) is 6.92 Å². The number of methoxy groups -OCH3 is 1. The molecule has 0 aliphatic heterocycles. The number of nitrogens with one attached hydrogen (secondary N) is 1. The summed E-state index contributed by atoms with van der Waals surface area (Å²) in [5.74, 6) is -0.388. The van der Waals surface area contributed by atoms with Crippen LogP contribution in [0.25, 0.3) is 5.69 Å². The van der Waals surface area contributed by atoms with Gasteiger partial charge in [-0.3, -0.25) is 9.48 Å². The maximum Gasteiger partial charge on any atom is 0.337 e. The molecular formula is C26H25N3O3. The summed E-state index contributed by atoms with van der Waals surface area (Å²) in [7, 11) is 3.25. The lowest BCUT2D eigenvalue weighted by Gasteiger charge is -2.20. The van der Waals surface area contributed by atoms with Crippen molar-refractivity contribution < 1.29 is 9.53 Å². The van der Waals surface area contributed by atoms with Crippen LogP contribution in [0.2, 0.25) is 0 Å². The van der Waals surface area contributed by atoms with Gasteiger partial charge in [0.05, 0.1) is 30.0 Å². The number of ether oxygens (including phenoxy) is 1. The third kappa shape index (κ3) is 3.95. The molecule has 0 saturated heterocycles. The topological polar surface area (TPSA) is 65.3 Å². The summed E-state index contributed by atoms with van der Waals surface area (Å²) in [5.41, 5.74) is 4.49. The highest BCUT2D eigenvalue weighted by Gasteiger charge is 2.25. The molecule has 0 aliphatic rings. The van der Waals surface area contributed by atoms with Crippen molar-refractivity contribution in [3.05, 3.63) is 118 Å². The molecule has 162 valence electrons. The van der Waals surface area contributed by atoms with E-state index in [9.17, 15) is 9.59 Å². The van der Waals surface area contributed by atoms with Crippen molar-refractivity contribution in [3.8, 4) is 5.69 Å². The molecule has 1 unspecified atom stereocenters. The predicted octanol–water partition coefficient (Wildman–Crippen LogP) is 4.47. The van der Waals surface area contributed by atoms with Gasteiger partial charge in [-0.25, -0.2) is 9.48 Å². The third-order valence-corrected chi connectivity index (χ3v) is 5.64. The van der Waals surface area contributed by atoms with Gasteiger partial charge >= 0.3 is 5.97 Å². The van der Waals surface area contributed by atoms with Crippen LogP contribution in [0.5, 0.6) is 0 Å². The van der Waals surface area contributed by atoms with E-state index < -0.39 is 0 Å². The number of hydrogen-bond donors (Lipinski definition) is 1. The van der Waals surface area contributed by atoms with Crippen LogP contribution in [-0.2, 0) is 11.8 Å². The summed E-state index contributed by atoms with van der Waals surface area (Å²) in [4.78, 5) is 25.4. The second-order valence-electron chi connectivity index (χ2n) is 7.53. The summed E-state index contributed by atoms with van der Waals surface area (Å²) in [6, 6.07) is 26.1. The summed E-state index contributed by atoms with van der Waals surface area (Å²) in [6.45, 7) is 1.95. The van der Waals surface area contributed by atoms with E-state index in [1.165, 1.54) is 7.11 Å². The van der Waals surface area contributed by atoms with Gasteiger partial charge in [-0.1, -0.05) is 48.5 Å². The minimum atomic E-state index is -0.388. The molecule has 3 aromatic carbocycles. The van der Waals surface area contributed by atoms with Gasteiger partial charge in [0.25, 0.3) is 5.56 Å². The number of nitrogens with zero attached hydrogens (tertiary/aromatic N) is 2. The molecule has 6 heteroatoms. The largest absolute Gasteiger partial charge is 0.465 e. The zero-order valence-corrected chi connectivity index (χ0v) is 18.3. The molecular weight excluding hydrogens is 402 g/mol. The molecule has 1 heterocycles.